The number of nitrogens with one attached hydrogen (secondary N) is 1. The van der Waals surface area contributed by atoms with E-state index in [9.17, 15) is 0 Å². The van der Waals surface area contributed by atoms with Crippen LogP contribution in [0.3, 0.4) is 0 Å². The Labute approximate surface area is 134 Å². The molecule has 1 N–H and O–H groups in total. The number of fused-ring (bicyclic) bond motifs is 1. The smallest absolute Gasteiger partial charge is 0.0757 e. The molecule has 0 saturated carbocycles. The fourth-order valence-electron chi connectivity index (χ4n) is 3.26. The maximum absolute atomic E-state index is 4.51. The summed E-state index contributed by atoms with van der Waals surface area (Å²) in [6, 6.07) is 7.43. The van der Waals surface area contributed by atoms with Gasteiger partial charge < -0.3 is 5.32 Å². The summed E-state index contributed by atoms with van der Waals surface area (Å²) in [7, 11) is 2.02. The van der Waals surface area contributed by atoms with E-state index >= 15 is 0 Å². The second kappa shape index (κ2) is 5.93. The van der Waals surface area contributed by atoms with Gasteiger partial charge in [0.25, 0.3) is 0 Å². The van der Waals surface area contributed by atoms with Crippen LogP contribution in [-0.4, -0.2) is 16.8 Å². The van der Waals surface area contributed by atoms with Crippen molar-refractivity contribution in [2.45, 2.75) is 45.2 Å². The molecule has 0 saturated heterocycles. The Kier molecular flexibility index (Phi) is 4.18. The standard InChI is InChI=1S/C17H22BrN3/c1-11(2)21-17(15(18)10-20-21)16(19-3)14-8-7-12-5-4-6-13(12)9-14/h7-11,16,19H,4-6H2,1-3H3. The van der Waals surface area contributed by atoms with E-state index in [0.717, 1.165) is 4.47 Å². The molecule has 3 rings (SSSR count). The summed E-state index contributed by atoms with van der Waals surface area (Å²) < 4.78 is 3.16. The highest BCUT2D eigenvalue weighted by Crippen LogP contribution is 2.32. The Morgan fingerprint density at radius 1 is 1.24 bits per heavy atom. The summed E-state index contributed by atoms with van der Waals surface area (Å²) in [5.74, 6) is 0. The molecule has 112 valence electrons. The monoisotopic (exact) mass is 347 g/mol. The van der Waals surface area contributed by atoms with E-state index in [2.05, 4.69) is 63.1 Å². The molecule has 0 spiro atoms. The fraction of sp³-hybridized carbons (Fsp3) is 0.471. The van der Waals surface area contributed by atoms with Crippen molar-refractivity contribution < 1.29 is 0 Å². The second-order valence-electron chi connectivity index (χ2n) is 6.02. The zero-order valence-corrected chi connectivity index (χ0v) is 14.4. The maximum Gasteiger partial charge on any atom is 0.0757 e. The molecule has 1 atom stereocenters. The minimum Gasteiger partial charge on any atom is -0.308 e. The number of aryl methyl sites for hydroxylation is 2. The average Bonchev–Trinajstić information content (AvgIpc) is 3.07. The molecule has 1 heterocycles. The quantitative estimate of drug-likeness (QED) is 0.904. The Morgan fingerprint density at radius 3 is 2.71 bits per heavy atom. The normalized spacial score (nSPS) is 15.5. The van der Waals surface area contributed by atoms with E-state index in [1.807, 2.05) is 13.2 Å². The summed E-state index contributed by atoms with van der Waals surface area (Å²) in [5.41, 5.74) is 5.55. The van der Waals surface area contributed by atoms with Gasteiger partial charge in [-0.1, -0.05) is 18.2 Å². The number of benzene rings is 1. The van der Waals surface area contributed by atoms with Gasteiger partial charge in [0.05, 0.1) is 22.4 Å². The van der Waals surface area contributed by atoms with E-state index in [4.69, 9.17) is 0 Å². The molecule has 1 aromatic carbocycles. The molecule has 3 nitrogen and oxygen atoms in total. The largest absolute Gasteiger partial charge is 0.308 e. The lowest BCUT2D eigenvalue weighted by atomic mass is 9.99. The second-order valence-corrected chi connectivity index (χ2v) is 6.87. The highest BCUT2D eigenvalue weighted by Gasteiger charge is 2.23. The van der Waals surface area contributed by atoms with Gasteiger partial charge in [0.15, 0.2) is 0 Å². The third-order valence-electron chi connectivity index (χ3n) is 4.29. The van der Waals surface area contributed by atoms with Crippen LogP contribution in [0.5, 0.6) is 0 Å². The first-order chi connectivity index (χ1) is 10.1. The zero-order chi connectivity index (χ0) is 15.0. The maximum atomic E-state index is 4.51. The molecule has 21 heavy (non-hydrogen) atoms. The molecule has 0 amide bonds. The van der Waals surface area contributed by atoms with E-state index in [0.29, 0.717) is 6.04 Å². The van der Waals surface area contributed by atoms with Crippen molar-refractivity contribution in [1.82, 2.24) is 15.1 Å². The summed E-state index contributed by atoms with van der Waals surface area (Å²) >= 11 is 3.66. The van der Waals surface area contributed by atoms with Crippen molar-refractivity contribution in [2.75, 3.05) is 7.05 Å². The average molecular weight is 348 g/mol. The number of aromatic nitrogens is 2. The number of rotatable bonds is 4. The van der Waals surface area contributed by atoms with Gasteiger partial charge in [-0.3, -0.25) is 4.68 Å². The molecule has 1 aromatic heterocycles. The highest BCUT2D eigenvalue weighted by molar-refractivity contribution is 9.10. The first-order valence-electron chi connectivity index (χ1n) is 7.63. The Bertz CT molecular complexity index is 645. The van der Waals surface area contributed by atoms with Crippen LogP contribution in [0.1, 0.15) is 54.7 Å². The summed E-state index contributed by atoms with van der Waals surface area (Å²) in [6.07, 6.45) is 5.63. The van der Waals surface area contributed by atoms with E-state index in [1.165, 1.54) is 41.6 Å². The van der Waals surface area contributed by atoms with Gasteiger partial charge in [0, 0.05) is 6.04 Å². The Hall–Kier alpha value is -1.13. The SMILES string of the molecule is CNC(c1ccc2c(c1)CCC2)c1c(Br)cnn1C(C)C. The fourth-order valence-corrected chi connectivity index (χ4v) is 3.77. The molecule has 1 unspecified atom stereocenters. The molecule has 0 bridgehead atoms. The summed E-state index contributed by atoms with van der Waals surface area (Å²) in [4.78, 5) is 0. The highest BCUT2D eigenvalue weighted by atomic mass is 79.9. The van der Waals surface area contributed by atoms with Gasteiger partial charge in [-0.25, -0.2) is 0 Å². The predicted octanol–water partition coefficient (Wildman–Crippen LogP) is 4.02. The lowest BCUT2D eigenvalue weighted by molar-refractivity contribution is 0.483. The van der Waals surface area contributed by atoms with Crippen LogP contribution in [-0.2, 0) is 12.8 Å². The summed E-state index contributed by atoms with van der Waals surface area (Å²) in [5, 5.41) is 7.97. The predicted molar refractivity (Wildman–Crippen MR) is 89.7 cm³/mol. The van der Waals surface area contributed by atoms with Gasteiger partial charge in [-0.05, 0) is 72.8 Å². The topological polar surface area (TPSA) is 29.9 Å². The Morgan fingerprint density at radius 2 is 2.00 bits per heavy atom. The molecule has 0 aliphatic heterocycles. The molecular formula is C17H22BrN3. The number of hydrogen-bond donors (Lipinski definition) is 1. The molecule has 1 aliphatic rings. The zero-order valence-electron chi connectivity index (χ0n) is 12.9. The van der Waals surface area contributed by atoms with E-state index in [-0.39, 0.29) is 6.04 Å². The molecule has 1 aliphatic carbocycles. The molecule has 4 heteroatoms. The molecule has 2 aromatic rings. The molecule has 0 fully saturated rings. The lowest BCUT2D eigenvalue weighted by Crippen LogP contribution is -2.23. The van der Waals surface area contributed by atoms with Gasteiger partial charge in [0.2, 0.25) is 0 Å². The molecular weight excluding hydrogens is 326 g/mol. The van der Waals surface area contributed by atoms with Gasteiger partial charge in [-0.15, -0.1) is 0 Å². The van der Waals surface area contributed by atoms with Crippen molar-refractivity contribution in [3.05, 3.63) is 51.3 Å². The van der Waals surface area contributed by atoms with Crippen LogP contribution < -0.4 is 5.32 Å². The van der Waals surface area contributed by atoms with Gasteiger partial charge in [-0.2, -0.15) is 5.10 Å². The van der Waals surface area contributed by atoms with Crippen molar-refractivity contribution in [2.24, 2.45) is 0 Å². The van der Waals surface area contributed by atoms with Crippen molar-refractivity contribution in [3.63, 3.8) is 0 Å². The molecule has 0 radical (unpaired) electrons. The summed E-state index contributed by atoms with van der Waals surface area (Å²) in [6.45, 7) is 4.33. The van der Waals surface area contributed by atoms with Crippen molar-refractivity contribution in [1.29, 1.82) is 0 Å². The first kappa shape index (κ1) is 14.8. The minimum absolute atomic E-state index is 0.162. The third kappa shape index (κ3) is 2.67. The van der Waals surface area contributed by atoms with Crippen molar-refractivity contribution >= 4 is 15.9 Å². The van der Waals surface area contributed by atoms with Gasteiger partial charge in [0.1, 0.15) is 0 Å². The number of halogens is 1. The first-order valence-corrected chi connectivity index (χ1v) is 8.43. The number of hydrogen-bond acceptors (Lipinski definition) is 2. The van der Waals surface area contributed by atoms with Crippen LogP contribution in [0, 0.1) is 0 Å². The lowest BCUT2D eigenvalue weighted by Gasteiger charge is -2.22. The van der Waals surface area contributed by atoms with E-state index in [1.54, 1.807) is 0 Å². The van der Waals surface area contributed by atoms with Crippen LogP contribution in [0.15, 0.2) is 28.9 Å². The third-order valence-corrected chi connectivity index (χ3v) is 4.91. The Balaban J connectivity index is 2.05. The van der Waals surface area contributed by atoms with Crippen molar-refractivity contribution in [3.8, 4) is 0 Å². The minimum atomic E-state index is 0.162. The van der Waals surface area contributed by atoms with Crippen LogP contribution >= 0.6 is 15.9 Å². The van der Waals surface area contributed by atoms with Crippen LogP contribution in [0.25, 0.3) is 0 Å². The number of nitrogens with zero attached hydrogens (tertiary/aromatic N) is 2. The van der Waals surface area contributed by atoms with Crippen LogP contribution in [0.2, 0.25) is 0 Å². The van der Waals surface area contributed by atoms with Crippen LogP contribution in [0.4, 0.5) is 0 Å². The van der Waals surface area contributed by atoms with Gasteiger partial charge >= 0.3 is 0 Å². The van der Waals surface area contributed by atoms with E-state index < -0.39 is 0 Å².